The van der Waals surface area contributed by atoms with E-state index in [2.05, 4.69) is 0 Å². The zero-order valence-electron chi connectivity index (χ0n) is 11.8. The molecule has 0 saturated heterocycles. The second-order valence-corrected chi connectivity index (χ2v) is 5.20. The molecule has 0 bridgehead atoms. The van der Waals surface area contributed by atoms with Gasteiger partial charge in [-0.25, -0.2) is 4.79 Å². The summed E-state index contributed by atoms with van der Waals surface area (Å²) in [4.78, 5) is 13.9. The summed E-state index contributed by atoms with van der Waals surface area (Å²) >= 11 is 0. The van der Waals surface area contributed by atoms with Crippen molar-refractivity contribution in [3.05, 3.63) is 65.2 Å². The van der Waals surface area contributed by atoms with Crippen molar-refractivity contribution in [1.82, 2.24) is 4.90 Å². The molecule has 3 rings (SSSR count). The highest BCUT2D eigenvalue weighted by atomic mass is 16.6. The summed E-state index contributed by atoms with van der Waals surface area (Å²) in [7, 11) is 0. The molecule has 0 radical (unpaired) electrons. The first-order valence-corrected chi connectivity index (χ1v) is 7.06. The second-order valence-electron chi connectivity index (χ2n) is 5.20. The maximum absolute atomic E-state index is 12.1. The number of carbonyl (C=O) groups excluding carboxylic acids is 1. The van der Waals surface area contributed by atoms with E-state index >= 15 is 0 Å². The molecule has 1 heterocycles. The lowest BCUT2D eigenvalue weighted by molar-refractivity contribution is 0.0919. The van der Waals surface area contributed by atoms with Crippen molar-refractivity contribution in [1.29, 1.82) is 0 Å². The molecule has 0 aliphatic carbocycles. The third-order valence-corrected chi connectivity index (χ3v) is 3.77. The molecule has 0 unspecified atom stereocenters. The lowest BCUT2D eigenvalue weighted by Crippen LogP contribution is -2.36. The van der Waals surface area contributed by atoms with Crippen molar-refractivity contribution >= 4 is 11.8 Å². The Bertz CT molecular complexity index is 640. The molecule has 0 saturated carbocycles. The van der Waals surface area contributed by atoms with Gasteiger partial charge in [-0.3, -0.25) is 0 Å². The molecule has 4 heteroatoms. The number of rotatable bonds is 2. The van der Waals surface area contributed by atoms with Crippen LogP contribution in [0.5, 0.6) is 0 Å². The molecule has 4 nitrogen and oxygen atoms in total. The zero-order valence-corrected chi connectivity index (χ0v) is 11.8. The number of anilines is 1. The molecule has 2 N–H and O–H groups in total. The molecule has 0 spiro atoms. The number of nitrogen functional groups attached to an aromatic ring is 1. The summed E-state index contributed by atoms with van der Waals surface area (Å²) < 4.78 is 5.37. The third kappa shape index (κ3) is 2.99. The fraction of sp³-hybridized carbons (Fsp3) is 0.235. The standard InChI is InChI=1S/C17H18N2O2/c18-16-8-4-7-14-11-19(10-9-15(14)16)17(20)21-12-13-5-2-1-3-6-13/h1-8H,9-12,18H2. The lowest BCUT2D eigenvalue weighted by atomic mass is 9.98. The molecule has 0 atom stereocenters. The van der Waals surface area contributed by atoms with Gasteiger partial charge >= 0.3 is 6.09 Å². The van der Waals surface area contributed by atoms with Gasteiger partial charge in [0.25, 0.3) is 0 Å². The minimum Gasteiger partial charge on any atom is -0.445 e. The number of nitrogens with two attached hydrogens (primary N) is 1. The minimum atomic E-state index is -0.271. The van der Waals surface area contributed by atoms with Crippen LogP contribution in [-0.4, -0.2) is 17.5 Å². The van der Waals surface area contributed by atoms with Crippen LogP contribution in [0.15, 0.2) is 48.5 Å². The van der Waals surface area contributed by atoms with Gasteiger partial charge in [0.15, 0.2) is 0 Å². The fourth-order valence-electron chi connectivity index (χ4n) is 2.61. The SMILES string of the molecule is Nc1cccc2c1CCN(C(=O)OCc1ccccc1)C2. The maximum Gasteiger partial charge on any atom is 0.410 e. The van der Waals surface area contributed by atoms with Crippen LogP contribution in [0, 0.1) is 0 Å². The van der Waals surface area contributed by atoms with E-state index in [4.69, 9.17) is 10.5 Å². The van der Waals surface area contributed by atoms with E-state index in [0.717, 1.165) is 28.8 Å². The number of nitrogens with zero attached hydrogens (tertiary/aromatic N) is 1. The molecule has 0 fully saturated rings. The van der Waals surface area contributed by atoms with E-state index < -0.39 is 0 Å². The van der Waals surface area contributed by atoms with Crippen molar-refractivity contribution < 1.29 is 9.53 Å². The van der Waals surface area contributed by atoms with Gasteiger partial charge in [0.1, 0.15) is 6.61 Å². The van der Waals surface area contributed by atoms with Gasteiger partial charge in [-0.15, -0.1) is 0 Å². The molecule has 1 aliphatic heterocycles. The fourth-order valence-corrected chi connectivity index (χ4v) is 2.61. The summed E-state index contributed by atoms with van der Waals surface area (Å²) in [5.74, 6) is 0. The maximum atomic E-state index is 12.1. The molecule has 1 aliphatic rings. The predicted molar refractivity (Wildman–Crippen MR) is 81.6 cm³/mol. The van der Waals surface area contributed by atoms with Gasteiger partial charge in [-0.1, -0.05) is 42.5 Å². The van der Waals surface area contributed by atoms with Crippen molar-refractivity contribution in [3.63, 3.8) is 0 Å². The first kappa shape index (κ1) is 13.5. The zero-order chi connectivity index (χ0) is 14.7. The van der Waals surface area contributed by atoms with Gasteiger partial charge in [-0.05, 0) is 29.2 Å². The molecule has 108 valence electrons. The number of amides is 1. The van der Waals surface area contributed by atoms with Gasteiger partial charge in [0.05, 0.1) is 0 Å². The van der Waals surface area contributed by atoms with E-state index in [1.165, 1.54) is 0 Å². The molecule has 2 aromatic rings. The number of carbonyl (C=O) groups is 1. The second kappa shape index (κ2) is 5.87. The Morgan fingerprint density at radius 2 is 1.95 bits per heavy atom. The quantitative estimate of drug-likeness (QED) is 0.862. The minimum absolute atomic E-state index is 0.271. The largest absolute Gasteiger partial charge is 0.445 e. The Labute approximate surface area is 124 Å². The summed E-state index contributed by atoms with van der Waals surface area (Å²) in [5.41, 5.74) is 10.0. The van der Waals surface area contributed by atoms with Crippen LogP contribution < -0.4 is 5.73 Å². The summed E-state index contributed by atoms with van der Waals surface area (Å²) in [6.07, 6.45) is 0.509. The molecular formula is C17H18N2O2. The number of fused-ring (bicyclic) bond motifs is 1. The summed E-state index contributed by atoms with van der Waals surface area (Å²) in [6.45, 7) is 1.52. The van der Waals surface area contributed by atoms with Crippen LogP contribution in [0.3, 0.4) is 0 Å². The molecule has 0 aromatic heterocycles. The van der Waals surface area contributed by atoms with Crippen LogP contribution in [0.25, 0.3) is 0 Å². The topological polar surface area (TPSA) is 55.6 Å². The Hall–Kier alpha value is -2.49. The van der Waals surface area contributed by atoms with Crippen molar-refractivity contribution in [3.8, 4) is 0 Å². The smallest absolute Gasteiger partial charge is 0.410 e. The highest BCUT2D eigenvalue weighted by Gasteiger charge is 2.22. The van der Waals surface area contributed by atoms with E-state index in [1.807, 2.05) is 48.5 Å². The van der Waals surface area contributed by atoms with Gasteiger partial charge in [-0.2, -0.15) is 0 Å². The first-order chi connectivity index (χ1) is 10.2. The van der Waals surface area contributed by atoms with E-state index in [1.54, 1.807) is 4.90 Å². The highest BCUT2D eigenvalue weighted by molar-refractivity contribution is 5.68. The molecule has 1 amide bonds. The van der Waals surface area contributed by atoms with Crippen molar-refractivity contribution in [2.75, 3.05) is 12.3 Å². The molecule has 2 aromatic carbocycles. The monoisotopic (exact) mass is 282 g/mol. The number of benzene rings is 2. The molecule has 21 heavy (non-hydrogen) atoms. The average molecular weight is 282 g/mol. The highest BCUT2D eigenvalue weighted by Crippen LogP contribution is 2.24. The predicted octanol–water partition coefficient (Wildman–Crippen LogP) is 2.96. The van der Waals surface area contributed by atoms with Crippen LogP contribution in [-0.2, 0) is 24.3 Å². The van der Waals surface area contributed by atoms with Crippen molar-refractivity contribution in [2.24, 2.45) is 0 Å². The molecular weight excluding hydrogens is 264 g/mol. The van der Waals surface area contributed by atoms with Crippen LogP contribution in [0.1, 0.15) is 16.7 Å². The van der Waals surface area contributed by atoms with Gasteiger partial charge in [0, 0.05) is 18.8 Å². The average Bonchev–Trinajstić information content (AvgIpc) is 2.53. The van der Waals surface area contributed by atoms with E-state index in [0.29, 0.717) is 19.7 Å². The number of hydrogen-bond acceptors (Lipinski definition) is 3. The Kier molecular flexibility index (Phi) is 3.77. The normalized spacial score (nSPS) is 13.6. The Morgan fingerprint density at radius 3 is 2.76 bits per heavy atom. The van der Waals surface area contributed by atoms with Crippen molar-refractivity contribution in [2.45, 2.75) is 19.6 Å². The van der Waals surface area contributed by atoms with E-state index in [9.17, 15) is 4.79 Å². The summed E-state index contributed by atoms with van der Waals surface area (Å²) in [6, 6.07) is 15.5. The lowest BCUT2D eigenvalue weighted by Gasteiger charge is -2.28. The van der Waals surface area contributed by atoms with Gasteiger partial charge in [0.2, 0.25) is 0 Å². The van der Waals surface area contributed by atoms with E-state index in [-0.39, 0.29) is 6.09 Å². The van der Waals surface area contributed by atoms with Gasteiger partial charge < -0.3 is 15.4 Å². The Balaban J connectivity index is 1.62. The van der Waals surface area contributed by atoms with Crippen LogP contribution >= 0.6 is 0 Å². The first-order valence-electron chi connectivity index (χ1n) is 7.06. The van der Waals surface area contributed by atoms with Crippen LogP contribution in [0.2, 0.25) is 0 Å². The Morgan fingerprint density at radius 1 is 1.14 bits per heavy atom. The third-order valence-electron chi connectivity index (χ3n) is 3.77. The number of ether oxygens (including phenoxy) is 1. The summed E-state index contributed by atoms with van der Waals surface area (Å²) in [5, 5.41) is 0. The van der Waals surface area contributed by atoms with Crippen LogP contribution in [0.4, 0.5) is 10.5 Å². The number of hydrogen-bond donors (Lipinski definition) is 1.